The van der Waals surface area contributed by atoms with Crippen molar-refractivity contribution in [3.8, 4) is 5.75 Å². The highest BCUT2D eigenvalue weighted by atomic mass is 19.4. The molecule has 33 heavy (non-hydrogen) atoms. The van der Waals surface area contributed by atoms with E-state index in [1.165, 1.54) is 29.7 Å². The molecule has 0 saturated carbocycles. The first kappa shape index (κ1) is 24.1. The SMILES string of the molecule is O=C(NO)c1ccc(OCCNC(=O)c2oc3ccccc3c2COCCC(F)(F)F)cc1. The van der Waals surface area contributed by atoms with Crippen LogP contribution in [-0.2, 0) is 11.3 Å². The number of para-hydroxylation sites is 1. The van der Waals surface area contributed by atoms with Crippen LogP contribution in [0.3, 0.4) is 0 Å². The van der Waals surface area contributed by atoms with E-state index in [2.05, 4.69) is 5.32 Å². The molecule has 0 saturated heterocycles. The van der Waals surface area contributed by atoms with Gasteiger partial charge < -0.3 is 19.2 Å². The number of carbonyl (C=O) groups excluding carboxylic acids is 2. The number of amides is 2. The molecule has 1 heterocycles. The molecule has 0 fully saturated rings. The maximum Gasteiger partial charge on any atom is 0.391 e. The molecule has 176 valence electrons. The molecule has 0 aliphatic heterocycles. The van der Waals surface area contributed by atoms with Crippen molar-refractivity contribution in [3.05, 3.63) is 65.4 Å². The van der Waals surface area contributed by atoms with Gasteiger partial charge in [-0.3, -0.25) is 14.8 Å². The van der Waals surface area contributed by atoms with Crippen LogP contribution in [0.25, 0.3) is 11.0 Å². The molecule has 0 bridgehead atoms. The Balaban J connectivity index is 1.57. The maximum atomic E-state index is 12.6. The van der Waals surface area contributed by atoms with Crippen LogP contribution in [0.5, 0.6) is 5.75 Å². The topological polar surface area (TPSA) is 110 Å². The molecule has 11 heteroatoms. The number of fused-ring (bicyclic) bond motifs is 1. The Labute approximate surface area is 186 Å². The number of rotatable bonds is 10. The standard InChI is InChI=1S/C22H21F3N2O6/c23-22(24,25)9-11-31-13-17-16-3-1-2-4-18(16)33-19(17)21(29)26-10-12-32-15-7-5-14(6-8-15)20(28)27-30/h1-8,30H,9-13H2,(H,26,29)(H,27,28). The van der Waals surface area contributed by atoms with E-state index in [9.17, 15) is 22.8 Å². The second kappa shape index (κ2) is 10.8. The minimum Gasteiger partial charge on any atom is -0.492 e. The van der Waals surface area contributed by atoms with E-state index in [4.69, 9.17) is 19.1 Å². The molecule has 2 amide bonds. The van der Waals surface area contributed by atoms with Gasteiger partial charge in [-0.15, -0.1) is 0 Å². The summed E-state index contributed by atoms with van der Waals surface area (Å²) in [5, 5.41) is 11.8. The molecule has 3 rings (SSSR count). The first-order valence-corrected chi connectivity index (χ1v) is 9.89. The summed E-state index contributed by atoms with van der Waals surface area (Å²) >= 11 is 0. The van der Waals surface area contributed by atoms with Gasteiger partial charge >= 0.3 is 6.18 Å². The van der Waals surface area contributed by atoms with Crippen molar-refractivity contribution < 1.29 is 41.9 Å². The van der Waals surface area contributed by atoms with Crippen LogP contribution in [-0.4, -0.2) is 43.0 Å². The summed E-state index contributed by atoms with van der Waals surface area (Å²) < 4.78 is 53.3. The molecule has 1 aromatic heterocycles. The molecule has 3 aromatic rings. The Bertz CT molecular complexity index is 1100. The number of carbonyl (C=O) groups is 2. The Morgan fingerprint density at radius 1 is 1.00 bits per heavy atom. The van der Waals surface area contributed by atoms with Crippen LogP contribution in [0.15, 0.2) is 52.9 Å². The van der Waals surface area contributed by atoms with Crippen LogP contribution in [0, 0.1) is 0 Å². The maximum absolute atomic E-state index is 12.6. The fourth-order valence-corrected chi connectivity index (χ4v) is 2.97. The molecule has 0 radical (unpaired) electrons. The first-order valence-electron chi connectivity index (χ1n) is 9.89. The molecule has 3 N–H and O–H groups in total. The van der Waals surface area contributed by atoms with Gasteiger partial charge in [-0.25, -0.2) is 5.48 Å². The minimum atomic E-state index is -4.33. The highest BCUT2D eigenvalue weighted by Crippen LogP contribution is 2.27. The number of hydrogen-bond donors (Lipinski definition) is 3. The van der Waals surface area contributed by atoms with Gasteiger partial charge in [0.15, 0.2) is 5.76 Å². The summed E-state index contributed by atoms with van der Waals surface area (Å²) in [4.78, 5) is 23.9. The van der Waals surface area contributed by atoms with Crippen molar-refractivity contribution in [1.82, 2.24) is 10.8 Å². The van der Waals surface area contributed by atoms with Gasteiger partial charge in [0.1, 0.15) is 17.9 Å². The van der Waals surface area contributed by atoms with E-state index in [-0.39, 0.29) is 31.1 Å². The number of halogens is 3. The molecular formula is C22H21F3N2O6. The van der Waals surface area contributed by atoms with Crippen molar-refractivity contribution in [2.24, 2.45) is 0 Å². The van der Waals surface area contributed by atoms with Gasteiger partial charge in [0.25, 0.3) is 11.8 Å². The lowest BCUT2D eigenvalue weighted by molar-refractivity contribution is -0.146. The first-order chi connectivity index (χ1) is 15.8. The van der Waals surface area contributed by atoms with Gasteiger partial charge in [0, 0.05) is 16.5 Å². The van der Waals surface area contributed by atoms with E-state index >= 15 is 0 Å². The van der Waals surface area contributed by atoms with Gasteiger partial charge in [-0.2, -0.15) is 13.2 Å². The lowest BCUT2D eigenvalue weighted by atomic mass is 10.1. The van der Waals surface area contributed by atoms with Gasteiger partial charge in [-0.1, -0.05) is 18.2 Å². The van der Waals surface area contributed by atoms with Crippen LogP contribution in [0.1, 0.15) is 32.9 Å². The molecule has 8 nitrogen and oxygen atoms in total. The zero-order valence-electron chi connectivity index (χ0n) is 17.3. The normalized spacial score (nSPS) is 11.4. The van der Waals surface area contributed by atoms with E-state index in [0.29, 0.717) is 22.3 Å². The fraction of sp³-hybridized carbons (Fsp3) is 0.273. The quantitative estimate of drug-likeness (QED) is 0.238. The summed E-state index contributed by atoms with van der Waals surface area (Å²) in [6.45, 7) is -0.519. The predicted molar refractivity (Wildman–Crippen MR) is 110 cm³/mol. The zero-order chi connectivity index (χ0) is 23.8. The number of nitrogens with one attached hydrogen (secondary N) is 2. The Kier molecular flexibility index (Phi) is 7.91. The Hall–Kier alpha value is -3.57. The van der Waals surface area contributed by atoms with Crippen LogP contribution in [0.4, 0.5) is 13.2 Å². The minimum absolute atomic E-state index is 0.0393. The third kappa shape index (κ3) is 6.70. The Morgan fingerprint density at radius 2 is 1.73 bits per heavy atom. The number of hydroxylamine groups is 1. The summed E-state index contributed by atoms with van der Waals surface area (Å²) in [5.41, 5.74) is 2.55. The second-order valence-corrected chi connectivity index (χ2v) is 6.89. The molecule has 0 atom stereocenters. The fourth-order valence-electron chi connectivity index (χ4n) is 2.97. The molecular weight excluding hydrogens is 445 g/mol. The van der Waals surface area contributed by atoms with E-state index < -0.39 is 31.0 Å². The van der Waals surface area contributed by atoms with E-state index in [0.717, 1.165) is 0 Å². The molecule has 0 aliphatic rings. The number of furan rings is 1. The molecule has 2 aromatic carbocycles. The number of alkyl halides is 3. The molecule has 0 spiro atoms. The lowest BCUT2D eigenvalue weighted by Gasteiger charge is -2.09. The predicted octanol–water partition coefficient (Wildman–Crippen LogP) is 3.83. The summed E-state index contributed by atoms with van der Waals surface area (Å²) in [7, 11) is 0. The van der Waals surface area contributed by atoms with Crippen molar-refractivity contribution in [3.63, 3.8) is 0 Å². The van der Waals surface area contributed by atoms with Crippen LogP contribution in [0.2, 0.25) is 0 Å². The summed E-state index contributed by atoms with van der Waals surface area (Å²) in [6.07, 6.45) is -5.42. The highest BCUT2D eigenvalue weighted by molar-refractivity contribution is 5.99. The van der Waals surface area contributed by atoms with E-state index in [1.807, 2.05) is 0 Å². The van der Waals surface area contributed by atoms with Gasteiger partial charge in [0.05, 0.1) is 26.2 Å². The third-order valence-electron chi connectivity index (χ3n) is 4.56. The van der Waals surface area contributed by atoms with Crippen LogP contribution >= 0.6 is 0 Å². The average Bonchev–Trinajstić information content (AvgIpc) is 3.17. The number of ether oxygens (including phenoxy) is 2. The lowest BCUT2D eigenvalue weighted by Crippen LogP contribution is -2.28. The number of hydrogen-bond acceptors (Lipinski definition) is 6. The van der Waals surface area contributed by atoms with Crippen molar-refractivity contribution >= 4 is 22.8 Å². The van der Waals surface area contributed by atoms with Crippen molar-refractivity contribution in [1.29, 1.82) is 0 Å². The zero-order valence-corrected chi connectivity index (χ0v) is 17.3. The Morgan fingerprint density at radius 3 is 2.42 bits per heavy atom. The second-order valence-electron chi connectivity index (χ2n) is 6.89. The largest absolute Gasteiger partial charge is 0.492 e. The van der Waals surface area contributed by atoms with Crippen LogP contribution < -0.4 is 15.5 Å². The van der Waals surface area contributed by atoms with Gasteiger partial charge in [-0.05, 0) is 30.3 Å². The van der Waals surface area contributed by atoms with E-state index in [1.54, 1.807) is 24.3 Å². The monoisotopic (exact) mass is 466 g/mol. The van der Waals surface area contributed by atoms with Gasteiger partial charge in [0.2, 0.25) is 0 Å². The highest BCUT2D eigenvalue weighted by Gasteiger charge is 2.27. The molecule has 0 aliphatic carbocycles. The summed E-state index contributed by atoms with van der Waals surface area (Å²) in [6, 6.07) is 12.8. The molecule has 0 unspecified atom stereocenters. The smallest absolute Gasteiger partial charge is 0.391 e. The van der Waals surface area contributed by atoms with Crippen molar-refractivity contribution in [2.45, 2.75) is 19.2 Å². The average molecular weight is 466 g/mol. The number of benzene rings is 2. The van der Waals surface area contributed by atoms with Crippen molar-refractivity contribution in [2.75, 3.05) is 19.8 Å². The third-order valence-corrected chi connectivity index (χ3v) is 4.56. The summed E-state index contributed by atoms with van der Waals surface area (Å²) in [5.74, 6) is -0.805.